The average Bonchev–Trinajstić information content (AvgIpc) is 2.67. The molecule has 0 amide bonds. The highest BCUT2D eigenvalue weighted by Gasteiger charge is 2.47. The van der Waals surface area contributed by atoms with E-state index in [0.717, 1.165) is 11.7 Å². The van der Waals surface area contributed by atoms with Gasteiger partial charge in [0.15, 0.2) is 5.17 Å². The molecule has 2 heterocycles. The molecule has 0 aliphatic carbocycles. The molecule has 92 valence electrons. The Labute approximate surface area is 103 Å². The first kappa shape index (κ1) is 12.5. The normalized spacial score (nSPS) is 42.8. The average molecular weight is 264 g/mol. The van der Waals surface area contributed by atoms with Crippen molar-refractivity contribution in [2.24, 2.45) is 4.99 Å². The molecule has 1 saturated heterocycles. The Morgan fingerprint density at radius 2 is 2.12 bits per heavy atom. The van der Waals surface area contributed by atoms with Crippen LogP contribution in [-0.2, 0) is 0 Å². The van der Waals surface area contributed by atoms with Gasteiger partial charge in [0.1, 0.15) is 12.1 Å². The van der Waals surface area contributed by atoms with E-state index < -0.39 is 12.2 Å². The smallest absolute Gasteiger partial charge is 0.158 e. The highest BCUT2D eigenvalue weighted by atomic mass is 32.2. The van der Waals surface area contributed by atoms with Gasteiger partial charge in [-0.3, -0.25) is 4.99 Å². The molecule has 16 heavy (non-hydrogen) atoms. The van der Waals surface area contributed by atoms with Crippen LogP contribution >= 0.6 is 23.5 Å². The fourth-order valence-electron chi connectivity index (χ4n) is 1.82. The second-order valence-electron chi connectivity index (χ2n) is 3.78. The van der Waals surface area contributed by atoms with E-state index in [1.54, 1.807) is 11.8 Å². The predicted molar refractivity (Wildman–Crippen MR) is 66.8 cm³/mol. The van der Waals surface area contributed by atoms with Gasteiger partial charge in [0, 0.05) is 6.54 Å². The first-order valence-electron chi connectivity index (χ1n) is 5.28. The SMILES string of the molecule is CCNC1=NC2[C@@H](S1)S[C@H](CO)[C@@H](O)[C@@H]2O. The van der Waals surface area contributed by atoms with Crippen LogP contribution in [0.25, 0.3) is 0 Å². The molecular weight excluding hydrogens is 248 g/mol. The van der Waals surface area contributed by atoms with Crippen LogP contribution in [0.2, 0.25) is 0 Å². The largest absolute Gasteiger partial charge is 0.395 e. The number of aliphatic imine (C=N–C) groups is 1. The molecule has 0 aromatic rings. The summed E-state index contributed by atoms with van der Waals surface area (Å²) in [5, 5.41) is 32.4. The lowest BCUT2D eigenvalue weighted by Gasteiger charge is -2.36. The van der Waals surface area contributed by atoms with E-state index in [1.807, 2.05) is 6.92 Å². The molecule has 2 rings (SSSR count). The number of thioether (sulfide) groups is 2. The predicted octanol–water partition coefficient (Wildman–Crippen LogP) is -0.777. The van der Waals surface area contributed by atoms with Crippen LogP contribution in [0.3, 0.4) is 0 Å². The van der Waals surface area contributed by atoms with Gasteiger partial charge in [0.25, 0.3) is 0 Å². The van der Waals surface area contributed by atoms with Crippen molar-refractivity contribution < 1.29 is 15.3 Å². The van der Waals surface area contributed by atoms with Crippen LogP contribution in [0.5, 0.6) is 0 Å². The van der Waals surface area contributed by atoms with Gasteiger partial charge in [-0.1, -0.05) is 11.8 Å². The van der Waals surface area contributed by atoms with Crippen molar-refractivity contribution in [2.45, 2.75) is 35.0 Å². The Bertz CT molecular complexity index is 290. The van der Waals surface area contributed by atoms with E-state index in [1.165, 1.54) is 11.8 Å². The molecule has 5 atom stereocenters. The summed E-state index contributed by atoms with van der Waals surface area (Å²) in [5.41, 5.74) is 0. The van der Waals surface area contributed by atoms with Crippen LogP contribution in [0.4, 0.5) is 0 Å². The van der Waals surface area contributed by atoms with E-state index in [9.17, 15) is 10.2 Å². The minimum absolute atomic E-state index is 0.0876. The van der Waals surface area contributed by atoms with Gasteiger partial charge in [-0.15, -0.1) is 11.8 Å². The molecule has 0 bridgehead atoms. The van der Waals surface area contributed by atoms with Crippen LogP contribution in [0.15, 0.2) is 4.99 Å². The molecule has 7 heteroatoms. The Hall–Kier alpha value is 0.0500. The maximum Gasteiger partial charge on any atom is 0.158 e. The number of fused-ring (bicyclic) bond motifs is 1. The number of hydrogen-bond acceptors (Lipinski definition) is 7. The molecule has 0 saturated carbocycles. The summed E-state index contributed by atoms with van der Waals surface area (Å²) >= 11 is 3.06. The number of nitrogens with zero attached hydrogens (tertiary/aromatic N) is 1. The third kappa shape index (κ3) is 2.19. The summed E-state index contributed by atoms with van der Waals surface area (Å²) in [5.74, 6) is 0. The van der Waals surface area contributed by atoms with E-state index in [-0.39, 0.29) is 22.5 Å². The highest BCUT2D eigenvalue weighted by Crippen LogP contribution is 2.44. The zero-order valence-corrected chi connectivity index (χ0v) is 10.5. The lowest BCUT2D eigenvalue weighted by Crippen LogP contribution is -2.51. The lowest BCUT2D eigenvalue weighted by atomic mass is 10.0. The minimum atomic E-state index is -0.901. The molecule has 0 spiro atoms. The van der Waals surface area contributed by atoms with Gasteiger partial charge < -0.3 is 20.6 Å². The van der Waals surface area contributed by atoms with Gasteiger partial charge in [-0.25, -0.2) is 0 Å². The van der Waals surface area contributed by atoms with E-state index in [0.29, 0.717) is 0 Å². The number of rotatable bonds is 2. The lowest BCUT2D eigenvalue weighted by molar-refractivity contribution is -0.00540. The Kier molecular flexibility index (Phi) is 4.01. The molecular formula is C9H16N2O3S2. The van der Waals surface area contributed by atoms with Crippen molar-refractivity contribution in [1.82, 2.24) is 5.32 Å². The number of amidine groups is 1. The number of nitrogens with one attached hydrogen (secondary N) is 1. The molecule has 2 aliphatic rings. The molecule has 1 fully saturated rings. The number of aliphatic hydroxyl groups is 3. The standard InChI is InChI=1S/C9H16N2O3S2/c1-2-10-9-11-5-7(14)6(13)4(3-12)15-8(5)16-9/h4-8,12-14H,2-3H2,1H3,(H,10,11)/t4-,5?,6-,7-,8-/m1/s1. The van der Waals surface area contributed by atoms with Crippen LogP contribution < -0.4 is 5.32 Å². The quantitative estimate of drug-likeness (QED) is 0.524. The molecule has 0 radical (unpaired) electrons. The van der Waals surface area contributed by atoms with E-state index in [4.69, 9.17) is 5.11 Å². The molecule has 0 aromatic heterocycles. The summed E-state index contributed by atoms with van der Waals surface area (Å²) in [7, 11) is 0. The first-order chi connectivity index (χ1) is 7.67. The third-order valence-electron chi connectivity index (χ3n) is 2.67. The molecule has 1 unspecified atom stereocenters. The zero-order chi connectivity index (χ0) is 11.7. The monoisotopic (exact) mass is 264 g/mol. The van der Waals surface area contributed by atoms with Gasteiger partial charge in [-0.2, -0.15) is 0 Å². The van der Waals surface area contributed by atoms with E-state index >= 15 is 0 Å². The third-order valence-corrected chi connectivity index (χ3v) is 5.60. The molecule has 5 nitrogen and oxygen atoms in total. The van der Waals surface area contributed by atoms with Gasteiger partial charge >= 0.3 is 0 Å². The number of hydrogen-bond donors (Lipinski definition) is 4. The Balaban J connectivity index is 2.08. The number of aliphatic hydroxyl groups excluding tert-OH is 3. The summed E-state index contributed by atoms with van der Waals surface area (Å²) < 4.78 is 0.0876. The van der Waals surface area contributed by atoms with Gasteiger partial charge in [0.2, 0.25) is 0 Å². The Morgan fingerprint density at radius 3 is 2.75 bits per heavy atom. The van der Waals surface area contributed by atoms with Crippen LogP contribution in [0.1, 0.15) is 6.92 Å². The van der Waals surface area contributed by atoms with Gasteiger partial charge in [-0.05, 0) is 6.92 Å². The van der Waals surface area contributed by atoms with Crippen LogP contribution in [0, 0.1) is 0 Å². The van der Waals surface area contributed by atoms with Crippen molar-refractivity contribution in [3.05, 3.63) is 0 Å². The summed E-state index contributed by atoms with van der Waals surface area (Å²) in [6, 6.07) is -0.276. The zero-order valence-electron chi connectivity index (χ0n) is 8.91. The molecule has 2 aliphatic heterocycles. The van der Waals surface area contributed by atoms with Crippen molar-refractivity contribution in [3.63, 3.8) is 0 Å². The second-order valence-corrected chi connectivity index (χ2v) is 6.59. The second kappa shape index (κ2) is 5.14. The van der Waals surface area contributed by atoms with Crippen LogP contribution in [-0.4, -0.2) is 61.7 Å². The molecule has 4 N–H and O–H groups in total. The maximum absolute atomic E-state index is 9.91. The highest BCUT2D eigenvalue weighted by molar-refractivity contribution is 8.25. The van der Waals surface area contributed by atoms with Crippen molar-refractivity contribution in [2.75, 3.05) is 13.2 Å². The fourth-order valence-corrected chi connectivity index (χ4v) is 4.87. The van der Waals surface area contributed by atoms with Crippen molar-refractivity contribution >= 4 is 28.7 Å². The maximum atomic E-state index is 9.91. The van der Waals surface area contributed by atoms with Crippen molar-refractivity contribution in [1.29, 1.82) is 0 Å². The first-order valence-corrected chi connectivity index (χ1v) is 7.10. The summed E-state index contributed by atoms with van der Waals surface area (Å²) in [6.45, 7) is 2.65. The summed E-state index contributed by atoms with van der Waals surface area (Å²) in [6.07, 6.45) is -1.78. The topological polar surface area (TPSA) is 85.1 Å². The Morgan fingerprint density at radius 1 is 1.38 bits per heavy atom. The van der Waals surface area contributed by atoms with Crippen molar-refractivity contribution in [3.8, 4) is 0 Å². The molecule has 0 aromatic carbocycles. The fraction of sp³-hybridized carbons (Fsp3) is 0.889. The minimum Gasteiger partial charge on any atom is -0.395 e. The van der Waals surface area contributed by atoms with Gasteiger partial charge in [0.05, 0.1) is 22.5 Å². The summed E-state index contributed by atoms with van der Waals surface area (Å²) in [4.78, 5) is 4.36. The van der Waals surface area contributed by atoms with E-state index in [2.05, 4.69) is 10.3 Å².